The van der Waals surface area contributed by atoms with Gasteiger partial charge in [0.25, 0.3) is 0 Å². The minimum Gasteiger partial charge on any atom is -0.487 e. The Balaban J connectivity index is 1.73. The van der Waals surface area contributed by atoms with Crippen LogP contribution in [0.4, 0.5) is 0 Å². The second-order valence-electron chi connectivity index (χ2n) is 16.5. The molecule has 0 fully saturated rings. The monoisotopic (exact) mass is 691 g/mol. The molecule has 0 amide bonds. The Morgan fingerprint density at radius 2 is 1.28 bits per heavy atom. The van der Waals surface area contributed by atoms with Gasteiger partial charge in [-0.05, 0) is 133 Å². The molecule has 3 atom stereocenters. The first-order valence-corrected chi connectivity index (χ1v) is 20.9. The van der Waals surface area contributed by atoms with Crippen LogP contribution in [0.3, 0.4) is 0 Å². The molecule has 0 bridgehead atoms. The van der Waals surface area contributed by atoms with Crippen LogP contribution >= 0.6 is 0 Å². The molecule has 0 N–H and O–H groups in total. The minimum absolute atomic E-state index is 0.124. The number of hydrogen-bond acceptors (Lipinski definition) is 3. The van der Waals surface area contributed by atoms with Crippen molar-refractivity contribution in [2.24, 2.45) is 17.8 Å². The zero-order chi connectivity index (χ0) is 36.8. The fraction of sp³-hybridized carbons (Fsp3) is 0.723. The summed E-state index contributed by atoms with van der Waals surface area (Å²) in [6.07, 6.45) is 37.8. The fourth-order valence-electron chi connectivity index (χ4n) is 7.40. The minimum atomic E-state index is -0.130. The fourth-order valence-corrected chi connectivity index (χ4v) is 7.40. The van der Waals surface area contributed by atoms with Gasteiger partial charge in [0.1, 0.15) is 17.1 Å². The second kappa shape index (κ2) is 24.8. The smallest absolute Gasteiger partial charge is 0.311 e. The first-order valence-electron chi connectivity index (χ1n) is 20.9. The average molecular weight is 691 g/mol. The molecule has 3 nitrogen and oxygen atoms in total. The number of rotatable bonds is 26. The van der Waals surface area contributed by atoms with Crippen LogP contribution in [-0.2, 0) is 11.2 Å². The molecule has 0 aromatic heterocycles. The number of unbranched alkanes of at least 4 members (excludes halogenated alkanes) is 5. The summed E-state index contributed by atoms with van der Waals surface area (Å²) in [5.74, 6) is 4.14. The predicted octanol–water partition coefficient (Wildman–Crippen LogP) is 14.6. The van der Waals surface area contributed by atoms with E-state index in [2.05, 4.69) is 98.8 Å². The van der Waals surface area contributed by atoms with Gasteiger partial charge in [-0.25, -0.2) is 0 Å². The maximum Gasteiger partial charge on any atom is 0.311 e. The summed E-state index contributed by atoms with van der Waals surface area (Å²) in [6, 6.07) is 0. The van der Waals surface area contributed by atoms with Crippen LogP contribution in [-0.4, -0.2) is 11.6 Å². The van der Waals surface area contributed by atoms with Crippen molar-refractivity contribution in [3.05, 3.63) is 58.7 Å². The Morgan fingerprint density at radius 3 is 1.88 bits per heavy atom. The lowest BCUT2D eigenvalue weighted by atomic mass is 9.83. The third-order valence-electron chi connectivity index (χ3n) is 11.1. The molecule has 0 unspecified atom stereocenters. The maximum absolute atomic E-state index is 12.9. The Labute approximate surface area is 310 Å². The van der Waals surface area contributed by atoms with Crippen molar-refractivity contribution in [3.63, 3.8) is 0 Å². The summed E-state index contributed by atoms with van der Waals surface area (Å²) < 4.78 is 12.9. The van der Waals surface area contributed by atoms with Crippen LogP contribution in [0, 0.1) is 38.5 Å². The van der Waals surface area contributed by atoms with E-state index >= 15 is 0 Å². The van der Waals surface area contributed by atoms with Crippen molar-refractivity contribution in [2.45, 2.75) is 203 Å². The van der Waals surface area contributed by atoms with E-state index in [-0.39, 0.29) is 11.6 Å². The van der Waals surface area contributed by atoms with Crippen molar-refractivity contribution in [2.75, 3.05) is 0 Å². The van der Waals surface area contributed by atoms with Crippen molar-refractivity contribution in [1.29, 1.82) is 0 Å². The maximum atomic E-state index is 12.9. The molecule has 0 saturated carbocycles. The van der Waals surface area contributed by atoms with Crippen LogP contribution in [0.25, 0.3) is 0 Å². The molecular formula is C47H78O3. The van der Waals surface area contributed by atoms with Gasteiger partial charge in [-0.3, -0.25) is 4.79 Å². The summed E-state index contributed by atoms with van der Waals surface area (Å²) in [4.78, 5) is 12.9. The molecule has 1 aromatic rings. The van der Waals surface area contributed by atoms with Crippen molar-refractivity contribution in [1.82, 2.24) is 0 Å². The summed E-state index contributed by atoms with van der Waals surface area (Å²) >= 11 is 0. The molecule has 1 aromatic carbocycles. The lowest BCUT2D eigenvalue weighted by Gasteiger charge is -2.38. The number of hydrogen-bond donors (Lipinski definition) is 0. The van der Waals surface area contributed by atoms with E-state index in [0.717, 1.165) is 97.3 Å². The SMILES string of the molecule is CCCCC/C=C/C/C=C\C/C=C/CCCCC(=O)Oc1c(C)c(C)c2c(c1C)CC[C@@](C)(CCC[C@H](C)CCC[C@H](C)CCCC(C)C)O2. The van der Waals surface area contributed by atoms with Gasteiger partial charge in [0.2, 0.25) is 0 Å². The Morgan fingerprint density at radius 1 is 0.720 bits per heavy atom. The topological polar surface area (TPSA) is 35.5 Å². The van der Waals surface area contributed by atoms with Gasteiger partial charge in [0.05, 0.1) is 0 Å². The predicted molar refractivity (Wildman–Crippen MR) is 218 cm³/mol. The van der Waals surface area contributed by atoms with E-state index in [1.165, 1.54) is 82.6 Å². The van der Waals surface area contributed by atoms with Crippen molar-refractivity contribution < 1.29 is 14.3 Å². The Hall–Kier alpha value is -2.29. The van der Waals surface area contributed by atoms with E-state index in [1.807, 2.05) is 0 Å². The Kier molecular flexibility index (Phi) is 21.8. The van der Waals surface area contributed by atoms with E-state index in [1.54, 1.807) is 0 Å². The zero-order valence-corrected chi connectivity index (χ0v) is 34.3. The first-order chi connectivity index (χ1) is 24.0. The number of ether oxygens (including phenoxy) is 2. The third-order valence-corrected chi connectivity index (χ3v) is 11.1. The van der Waals surface area contributed by atoms with Gasteiger partial charge >= 0.3 is 5.97 Å². The van der Waals surface area contributed by atoms with Crippen molar-refractivity contribution in [3.8, 4) is 11.5 Å². The van der Waals surface area contributed by atoms with Gasteiger partial charge in [0, 0.05) is 12.0 Å². The molecule has 0 saturated heterocycles. The quantitative estimate of drug-likeness (QED) is 0.0420. The molecule has 3 heteroatoms. The highest BCUT2D eigenvalue weighted by Crippen LogP contribution is 2.45. The van der Waals surface area contributed by atoms with Crippen LogP contribution in [0.15, 0.2) is 36.5 Å². The van der Waals surface area contributed by atoms with E-state index < -0.39 is 0 Å². The first kappa shape index (κ1) is 43.9. The van der Waals surface area contributed by atoms with E-state index in [4.69, 9.17) is 9.47 Å². The normalized spacial score (nSPS) is 17.6. The molecule has 1 heterocycles. The summed E-state index contributed by atoms with van der Waals surface area (Å²) in [7, 11) is 0. The number of carbonyl (C=O) groups excluding carboxylic acids is 1. The lowest BCUT2D eigenvalue weighted by molar-refractivity contribution is -0.134. The summed E-state index contributed by atoms with van der Waals surface area (Å²) in [5, 5.41) is 0. The lowest BCUT2D eigenvalue weighted by Crippen LogP contribution is -2.37. The molecule has 1 aliphatic rings. The molecule has 0 radical (unpaired) electrons. The Bertz CT molecular complexity index is 1190. The van der Waals surface area contributed by atoms with Crippen molar-refractivity contribution >= 4 is 5.97 Å². The second-order valence-corrected chi connectivity index (χ2v) is 16.5. The molecule has 0 aliphatic carbocycles. The number of carbonyl (C=O) groups is 1. The number of allylic oxidation sites excluding steroid dienone is 6. The summed E-state index contributed by atoms with van der Waals surface area (Å²) in [6.45, 7) is 20.4. The standard InChI is InChI=1S/C47H78O3/c1-10-11-12-13-14-15-16-17-18-19-20-21-22-23-24-33-44(48)49-45-40(6)41(7)46-43(42(45)8)34-36-47(9,50-46)35-27-32-39(5)31-26-30-38(4)29-25-28-37(2)3/h14-15,17-18,20-21,37-39H,10-13,16,19,22-36H2,1-9H3/b15-14+,18-17-,21-20+/t38-,39-,47-/m1/s1. The molecular weight excluding hydrogens is 613 g/mol. The highest BCUT2D eigenvalue weighted by atomic mass is 16.5. The van der Waals surface area contributed by atoms with Crippen LogP contribution in [0.5, 0.6) is 11.5 Å². The van der Waals surface area contributed by atoms with Crippen LogP contribution in [0.1, 0.15) is 192 Å². The van der Waals surface area contributed by atoms with Crippen LogP contribution in [0.2, 0.25) is 0 Å². The van der Waals surface area contributed by atoms with Gasteiger partial charge in [-0.1, -0.05) is 129 Å². The molecule has 1 aliphatic heterocycles. The number of fused-ring (bicyclic) bond motifs is 1. The molecule has 0 spiro atoms. The third kappa shape index (κ3) is 17.3. The molecule has 50 heavy (non-hydrogen) atoms. The van der Waals surface area contributed by atoms with Gasteiger partial charge in [-0.15, -0.1) is 0 Å². The average Bonchev–Trinajstić information content (AvgIpc) is 3.07. The van der Waals surface area contributed by atoms with Gasteiger partial charge < -0.3 is 9.47 Å². The van der Waals surface area contributed by atoms with E-state index in [0.29, 0.717) is 6.42 Å². The van der Waals surface area contributed by atoms with E-state index in [9.17, 15) is 4.79 Å². The largest absolute Gasteiger partial charge is 0.487 e. The van der Waals surface area contributed by atoms with Gasteiger partial charge in [-0.2, -0.15) is 0 Å². The highest BCUT2D eigenvalue weighted by molar-refractivity contribution is 5.74. The number of benzene rings is 1. The number of esters is 1. The molecule has 284 valence electrons. The zero-order valence-electron chi connectivity index (χ0n) is 34.3. The van der Waals surface area contributed by atoms with Gasteiger partial charge in [0.15, 0.2) is 0 Å². The van der Waals surface area contributed by atoms with Crippen LogP contribution < -0.4 is 9.47 Å². The highest BCUT2D eigenvalue weighted by Gasteiger charge is 2.34. The molecule has 2 rings (SSSR count). The summed E-state index contributed by atoms with van der Waals surface area (Å²) in [5.41, 5.74) is 4.33.